The molecular weight excluding hydrogens is 188 g/mol. The SMILES string of the molecule is CCO.Nc1cc2ccccc2cc1N. The second-order valence-electron chi connectivity index (χ2n) is 3.14. The summed E-state index contributed by atoms with van der Waals surface area (Å²) in [5.41, 5.74) is 12.6. The highest BCUT2D eigenvalue weighted by Gasteiger charge is 1.96. The van der Waals surface area contributed by atoms with Crippen LogP contribution >= 0.6 is 0 Å². The molecule has 0 aromatic heterocycles. The quantitative estimate of drug-likeness (QED) is 0.575. The Morgan fingerprint density at radius 1 is 1.00 bits per heavy atom. The zero-order chi connectivity index (χ0) is 11.3. The lowest BCUT2D eigenvalue weighted by molar-refractivity contribution is 0.318. The molecule has 2 aromatic carbocycles. The summed E-state index contributed by atoms with van der Waals surface area (Å²) in [5.74, 6) is 0. The van der Waals surface area contributed by atoms with Gasteiger partial charge in [0.05, 0.1) is 11.4 Å². The van der Waals surface area contributed by atoms with Crippen LogP contribution in [0.4, 0.5) is 11.4 Å². The summed E-state index contributed by atoms with van der Waals surface area (Å²) < 4.78 is 0. The van der Waals surface area contributed by atoms with Crippen LogP contribution in [0.15, 0.2) is 36.4 Å². The van der Waals surface area contributed by atoms with Crippen molar-refractivity contribution in [2.75, 3.05) is 18.1 Å². The molecule has 0 bridgehead atoms. The minimum atomic E-state index is 0.250. The van der Waals surface area contributed by atoms with E-state index >= 15 is 0 Å². The molecule has 2 aromatic rings. The molecule has 0 heterocycles. The maximum Gasteiger partial charge on any atom is 0.0554 e. The van der Waals surface area contributed by atoms with Crippen LogP contribution in [0.2, 0.25) is 0 Å². The Kier molecular flexibility index (Phi) is 3.94. The molecule has 0 spiro atoms. The van der Waals surface area contributed by atoms with Crippen LogP contribution in [0.25, 0.3) is 10.8 Å². The van der Waals surface area contributed by atoms with E-state index in [9.17, 15) is 0 Å². The Bertz CT molecular complexity index is 400. The number of aliphatic hydroxyl groups excluding tert-OH is 1. The van der Waals surface area contributed by atoms with Gasteiger partial charge in [0.15, 0.2) is 0 Å². The van der Waals surface area contributed by atoms with Crippen LogP contribution in [-0.2, 0) is 0 Å². The van der Waals surface area contributed by atoms with Gasteiger partial charge in [-0.3, -0.25) is 0 Å². The first-order chi connectivity index (χ1) is 7.19. The zero-order valence-corrected chi connectivity index (χ0v) is 8.77. The van der Waals surface area contributed by atoms with Crippen LogP contribution in [-0.4, -0.2) is 11.7 Å². The lowest BCUT2D eigenvalue weighted by Gasteiger charge is -2.02. The van der Waals surface area contributed by atoms with Gasteiger partial charge in [-0.05, 0) is 29.8 Å². The van der Waals surface area contributed by atoms with E-state index in [1.807, 2.05) is 36.4 Å². The number of anilines is 2. The average molecular weight is 204 g/mol. The van der Waals surface area contributed by atoms with Gasteiger partial charge < -0.3 is 16.6 Å². The van der Waals surface area contributed by atoms with Crippen molar-refractivity contribution in [2.45, 2.75) is 6.92 Å². The van der Waals surface area contributed by atoms with Gasteiger partial charge in [-0.1, -0.05) is 24.3 Å². The molecule has 3 heteroatoms. The van der Waals surface area contributed by atoms with E-state index in [2.05, 4.69) is 0 Å². The molecule has 0 unspecified atom stereocenters. The van der Waals surface area contributed by atoms with Crippen molar-refractivity contribution in [1.29, 1.82) is 0 Å². The molecule has 0 radical (unpaired) electrons. The molecule has 2 rings (SSSR count). The molecule has 0 aliphatic carbocycles. The van der Waals surface area contributed by atoms with E-state index in [4.69, 9.17) is 16.6 Å². The van der Waals surface area contributed by atoms with Crippen LogP contribution in [0, 0.1) is 0 Å². The number of hydrogen-bond acceptors (Lipinski definition) is 3. The first kappa shape index (κ1) is 11.3. The van der Waals surface area contributed by atoms with E-state index in [0.29, 0.717) is 11.4 Å². The van der Waals surface area contributed by atoms with Crippen LogP contribution in [0.3, 0.4) is 0 Å². The van der Waals surface area contributed by atoms with E-state index in [1.165, 1.54) is 0 Å². The maximum atomic E-state index is 7.57. The first-order valence-electron chi connectivity index (χ1n) is 4.83. The van der Waals surface area contributed by atoms with Gasteiger partial charge in [-0.15, -0.1) is 0 Å². The smallest absolute Gasteiger partial charge is 0.0554 e. The maximum absolute atomic E-state index is 7.57. The van der Waals surface area contributed by atoms with E-state index in [-0.39, 0.29) is 6.61 Å². The number of nitrogens with two attached hydrogens (primary N) is 2. The predicted molar refractivity (Wildman–Crippen MR) is 65.5 cm³/mol. The molecule has 0 aliphatic rings. The molecule has 0 atom stereocenters. The fraction of sp³-hybridized carbons (Fsp3) is 0.167. The summed E-state index contributed by atoms with van der Waals surface area (Å²) in [6.45, 7) is 1.93. The summed E-state index contributed by atoms with van der Waals surface area (Å²) in [6.07, 6.45) is 0. The largest absolute Gasteiger partial charge is 0.397 e. The molecule has 0 saturated carbocycles. The van der Waals surface area contributed by atoms with E-state index in [0.717, 1.165) is 10.8 Å². The van der Waals surface area contributed by atoms with Gasteiger partial charge >= 0.3 is 0 Å². The third kappa shape index (κ3) is 2.86. The standard InChI is InChI=1S/C10H10N2.C2H6O/c11-9-5-7-3-1-2-4-8(7)6-10(9)12;1-2-3/h1-6H,11-12H2;3H,2H2,1H3. The van der Waals surface area contributed by atoms with Crippen molar-refractivity contribution in [3.05, 3.63) is 36.4 Å². The summed E-state index contributed by atoms with van der Waals surface area (Å²) in [7, 11) is 0. The third-order valence-electron chi connectivity index (χ3n) is 1.95. The van der Waals surface area contributed by atoms with Crippen molar-refractivity contribution in [3.63, 3.8) is 0 Å². The van der Waals surface area contributed by atoms with Gasteiger partial charge in [0.2, 0.25) is 0 Å². The Morgan fingerprint density at radius 2 is 1.33 bits per heavy atom. The number of hydrogen-bond donors (Lipinski definition) is 3. The summed E-state index contributed by atoms with van der Waals surface area (Å²) in [5, 5.41) is 9.83. The van der Waals surface area contributed by atoms with Gasteiger partial charge in [-0.2, -0.15) is 0 Å². The number of aliphatic hydroxyl groups is 1. The average Bonchev–Trinajstić information content (AvgIpc) is 2.21. The third-order valence-corrected chi connectivity index (χ3v) is 1.95. The lowest BCUT2D eigenvalue weighted by atomic mass is 10.1. The van der Waals surface area contributed by atoms with Gasteiger partial charge in [-0.25, -0.2) is 0 Å². The van der Waals surface area contributed by atoms with Gasteiger partial charge in [0, 0.05) is 6.61 Å². The number of fused-ring (bicyclic) bond motifs is 1. The highest BCUT2D eigenvalue weighted by Crippen LogP contribution is 2.22. The first-order valence-corrected chi connectivity index (χ1v) is 4.83. The zero-order valence-electron chi connectivity index (χ0n) is 8.77. The minimum Gasteiger partial charge on any atom is -0.397 e. The fourth-order valence-electron chi connectivity index (χ4n) is 1.28. The molecule has 0 amide bonds. The molecule has 0 fully saturated rings. The highest BCUT2D eigenvalue weighted by molar-refractivity contribution is 5.90. The van der Waals surface area contributed by atoms with Crippen LogP contribution < -0.4 is 11.5 Å². The van der Waals surface area contributed by atoms with Crippen LogP contribution in [0.1, 0.15) is 6.92 Å². The Labute approximate surface area is 89.3 Å². The fourth-order valence-corrected chi connectivity index (χ4v) is 1.28. The molecule has 0 saturated heterocycles. The molecule has 3 nitrogen and oxygen atoms in total. The van der Waals surface area contributed by atoms with Crippen molar-refractivity contribution in [3.8, 4) is 0 Å². The molecule has 80 valence electrons. The summed E-state index contributed by atoms with van der Waals surface area (Å²) in [6, 6.07) is 11.8. The van der Waals surface area contributed by atoms with Crippen molar-refractivity contribution >= 4 is 22.1 Å². The van der Waals surface area contributed by atoms with Crippen molar-refractivity contribution in [2.24, 2.45) is 0 Å². The summed E-state index contributed by atoms with van der Waals surface area (Å²) in [4.78, 5) is 0. The monoisotopic (exact) mass is 204 g/mol. The molecule has 5 N–H and O–H groups in total. The Morgan fingerprint density at radius 3 is 1.67 bits per heavy atom. The highest BCUT2D eigenvalue weighted by atomic mass is 16.2. The second kappa shape index (κ2) is 5.22. The molecule has 15 heavy (non-hydrogen) atoms. The van der Waals surface area contributed by atoms with Crippen molar-refractivity contribution in [1.82, 2.24) is 0 Å². The van der Waals surface area contributed by atoms with E-state index < -0.39 is 0 Å². The Hall–Kier alpha value is -1.74. The summed E-state index contributed by atoms with van der Waals surface area (Å²) >= 11 is 0. The van der Waals surface area contributed by atoms with Gasteiger partial charge in [0.25, 0.3) is 0 Å². The number of nitrogen functional groups attached to an aromatic ring is 2. The normalized spacial score (nSPS) is 9.47. The minimum absolute atomic E-state index is 0.250. The Balaban J connectivity index is 0.000000337. The van der Waals surface area contributed by atoms with E-state index in [1.54, 1.807) is 6.92 Å². The topological polar surface area (TPSA) is 72.3 Å². The molecular formula is C12H16N2O. The molecule has 0 aliphatic heterocycles. The second-order valence-corrected chi connectivity index (χ2v) is 3.14. The number of benzene rings is 2. The van der Waals surface area contributed by atoms with Gasteiger partial charge in [0.1, 0.15) is 0 Å². The number of rotatable bonds is 0. The van der Waals surface area contributed by atoms with Crippen molar-refractivity contribution < 1.29 is 5.11 Å². The van der Waals surface area contributed by atoms with Crippen LogP contribution in [0.5, 0.6) is 0 Å². The predicted octanol–water partition coefficient (Wildman–Crippen LogP) is 2.00. The lowest BCUT2D eigenvalue weighted by Crippen LogP contribution is -1.93.